The van der Waals surface area contributed by atoms with Crippen molar-refractivity contribution >= 4 is 11.9 Å². The Labute approximate surface area is 219 Å². The van der Waals surface area contributed by atoms with Crippen LogP contribution in [0.25, 0.3) is 11.1 Å². The van der Waals surface area contributed by atoms with E-state index in [0.717, 1.165) is 35.2 Å². The number of carbonyl (C=O) groups excluding carboxylic acids is 1. The number of hydrogen-bond donors (Lipinski definition) is 3. The van der Waals surface area contributed by atoms with Gasteiger partial charge in [0.05, 0.1) is 0 Å². The first-order chi connectivity index (χ1) is 17.8. The highest BCUT2D eigenvalue weighted by atomic mass is 16.4. The second-order valence-electron chi connectivity index (χ2n) is 10.2. The third kappa shape index (κ3) is 6.77. The molecule has 3 aromatic rings. The molecule has 37 heavy (non-hydrogen) atoms. The van der Waals surface area contributed by atoms with E-state index in [0.29, 0.717) is 18.4 Å². The van der Waals surface area contributed by atoms with Gasteiger partial charge in [-0.1, -0.05) is 80.6 Å². The third-order valence-electron chi connectivity index (χ3n) is 7.63. The Bertz CT molecular complexity index is 1200. The zero-order valence-corrected chi connectivity index (χ0v) is 21.5. The average molecular weight is 501 g/mol. The smallest absolute Gasteiger partial charge is 0.326 e. The van der Waals surface area contributed by atoms with Gasteiger partial charge in [0.15, 0.2) is 0 Å². The van der Waals surface area contributed by atoms with Crippen LogP contribution in [0.3, 0.4) is 0 Å². The topological polar surface area (TPSA) is 89.9 Å². The number of carboxylic acids is 1. The van der Waals surface area contributed by atoms with E-state index in [1.807, 2.05) is 66.7 Å². The van der Waals surface area contributed by atoms with Gasteiger partial charge in [-0.05, 0) is 59.2 Å². The fourth-order valence-corrected chi connectivity index (χ4v) is 5.30. The number of nitrogens with one attached hydrogen (secondary N) is 1. The molecular weight excluding hydrogens is 464 g/mol. The molecule has 1 heterocycles. The molecule has 0 bridgehead atoms. The maximum atomic E-state index is 12.8. The van der Waals surface area contributed by atoms with Gasteiger partial charge in [0, 0.05) is 25.4 Å². The molecule has 0 spiro atoms. The number of hydrogen-bond acceptors (Lipinski definition) is 4. The van der Waals surface area contributed by atoms with E-state index in [4.69, 9.17) is 0 Å². The molecule has 1 aliphatic heterocycles. The minimum atomic E-state index is -1.04. The molecule has 3 N–H and O–H groups in total. The summed E-state index contributed by atoms with van der Waals surface area (Å²) in [5.41, 5.74) is 4.06. The normalized spacial score (nSPS) is 20.8. The number of phenols is 1. The van der Waals surface area contributed by atoms with E-state index in [1.165, 1.54) is 0 Å². The number of phenolic OH excluding ortho intramolecular Hbond substituents is 1. The summed E-state index contributed by atoms with van der Waals surface area (Å²) in [7, 11) is 0. The first-order valence-electron chi connectivity index (χ1n) is 13.0. The number of carbonyl (C=O) groups is 2. The van der Waals surface area contributed by atoms with Gasteiger partial charge in [0.2, 0.25) is 5.91 Å². The standard InChI is InChI=1S/C31H36N2O4/c1-21-15-17-33(30(22(21)2)26-9-6-10-27(34)20-26)18-16-29(35)32-28(31(36)37)19-23-11-13-25(14-12-23)24-7-4-3-5-8-24/h3-14,20-22,28,30,34H,15-19H2,1-2H3,(H,32,35)(H,36,37)/t21-,22-,28+,30?/m1/s1. The molecule has 0 aromatic heterocycles. The van der Waals surface area contributed by atoms with Gasteiger partial charge in [-0.2, -0.15) is 0 Å². The quantitative estimate of drug-likeness (QED) is 0.372. The Morgan fingerprint density at radius 2 is 1.68 bits per heavy atom. The molecule has 6 nitrogen and oxygen atoms in total. The Hall–Kier alpha value is -3.64. The van der Waals surface area contributed by atoms with Crippen LogP contribution in [0, 0.1) is 11.8 Å². The fraction of sp³-hybridized carbons (Fsp3) is 0.355. The van der Waals surface area contributed by atoms with Crippen molar-refractivity contribution in [1.29, 1.82) is 0 Å². The minimum absolute atomic E-state index is 0.0991. The molecule has 4 rings (SSSR count). The Morgan fingerprint density at radius 1 is 0.973 bits per heavy atom. The van der Waals surface area contributed by atoms with Crippen molar-refractivity contribution in [3.05, 3.63) is 90.0 Å². The number of benzene rings is 3. The van der Waals surface area contributed by atoms with E-state index >= 15 is 0 Å². The summed E-state index contributed by atoms with van der Waals surface area (Å²) in [4.78, 5) is 27.1. The van der Waals surface area contributed by atoms with Crippen LogP contribution >= 0.6 is 0 Å². The number of amides is 1. The second kappa shape index (κ2) is 12.1. The number of aromatic hydroxyl groups is 1. The average Bonchev–Trinajstić information content (AvgIpc) is 2.90. The highest BCUT2D eigenvalue weighted by Gasteiger charge is 2.34. The highest BCUT2D eigenvalue weighted by molar-refractivity contribution is 5.83. The van der Waals surface area contributed by atoms with Gasteiger partial charge in [0.25, 0.3) is 0 Å². The van der Waals surface area contributed by atoms with Crippen molar-refractivity contribution in [3.8, 4) is 16.9 Å². The van der Waals surface area contributed by atoms with Gasteiger partial charge >= 0.3 is 5.97 Å². The predicted octanol–water partition coefficient (Wildman–Crippen LogP) is 5.28. The number of piperidine rings is 1. The summed E-state index contributed by atoms with van der Waals surface area (Å²) in [6.45, 7) is 5.85. The lowest BCUT2D eigenvalue weighted by molar-refractivity contribution is -0.141. The molecule has 1 saturated heterocycles. The number of rotatable bonds is 9. The van der Waals surface area contributed by atoms with Crippen molar-refractivity contribution in [3.63, 3.8) is 0 Å². The first-order valence-corrected chi connectivity index (χ1v) is 13.0. The molecule has 6 heteroatoms. The van der Waals surface area contributed by atoms with Crippen LogP contribution in [0.2, 0.25) is 0 Å². The zero-order chi connectivity index (χ0) is 26.4. The third-order valence-corrected chi connectivity index (χ3v) is 7.63. The molecule has 0 radical (unpaired) electrons. The lowest BCUT2D eigenvalue weighted by Crippen LogP contribution is -2.45. The van der Waals surface area contributed by atoms with Crippen molar-refractivity contribution < 1.29 is 19.8 Å². The molecule has 0 aliphatic carbocycles. The summed E-state index contributed by atoms with van der Waals surface area (Å²) < 4.78 is 0. The first kappa shape index (κ1) is 26.4. The summed E-state index contributed by atoms with van der Waals surface area (Å²) in [6, 6.07) is 24.2. The molecule has 3 aromatic carbocycles. The summed E-state index contributed by atoms with van der Waals surface area (Å²) in [6.07, 6.45) is 1.47. The summed E-state index contributed by atoms with van der Waals surface area (Å²) in [5.74, 6) is -0.180. The van der Waals surface area contributed by atoms with Crippen molar-refractivity contribution in [2.24, 2.45) is 11.8 Å². The Balaban J connectivity index is 1.37. The van der Waals surface area contributed by atoms with Gasteiger partial charge in [0.1, 0.15) is 11.8 Å². The van der Waals surface area contributed by atoms with Gasteiger partial charge < -0.3 is 15.5 Å². The largest absolute Gasteiger partial charge is 0.508 e. The maximum absolute atomic E-state index is 12.8. The predicted molar refractivity (Wildman–Crippen MR) is 145 cm³/mol. The van der Waals surface area contributed by atoms with Crippen LogP contribution in [-0.2, 0) is 16.0 Å². The van der Waals surface area contributed by atoms with Crippen LogP contribution in [0.1, 0.15) is 43.9 Å². The number of nitrogens with zero attached hydrogens (tertiary/aromatic N) is 1. The molecule has 1 fully saturated rings. The molecule has 1 amide bonds. The summed E-state index contributed by atoms with van der Waals surface area (Å²) >= 11 is 0. The van der Waals surface area contributed by atoms with E-state index in [2.05, 4.69) is 24.1 Å². The van der Waals surface area contributed by atoms with E-state index in [1.54, 1.807) is 12.1 Å². The van der Waals surface area contributed by atoms with Crippen LogP contribution in [-0.4, -0.2) is 46.1 Å². The zero-order valence-electron chi connectivity index (χ0n) is 21.5. The molecule has 4 atom stereocenters. The van der Waals surface area contributed by atoms with Crippen molar-refractivity contribution in [1.82, 2.24) is 10.2 Å². The Morgan fingerprint density at radius 3 is 2.35 bits per heavy atom. The number of likely N-dealkylation sites (tertiary alicyclic amines) is 1. The SMILES string of the molecule is C[C@@H]1CCN(CCC(=O)N[C@@H](Cc2ccc(-c3ccccc3)cc2)C(=O)O)C(c2cccc(O)c2)[C@@H]1C. The maximum Gasteiger partial charge on any atom is 0.326 e. The van der Waals surface area contributed by atoms with E-state index in [-0.39, 0.29) is 30.5 Å². The van der Waals surface area contributed by atoms with Gasteiger partial charge in [-0.3, -0.25) is 9.69 Å². The fourth-order valence-electron chi connectivity index (χ4n) is 5.30. The second-order valence-corrected chi connectivity index (χ2v) is 10.2. The molecule has 1 unspecified atom stereocenters. The molecule has 0 saturated carbocycles. The lowest BCUT2D eigenvalue weighted by Gasteiger charge is -2.43. The molecule has 194 valence electrons. The van der Waals surface area contributed by atoms with Crippen LogP contribution < -0.4 is 5.32 Å². The van der Waals surface area contributed by atoms with E-state index < -0.39 is 12.0 Å². The van der Waals surface area contributed by atoms with E-state index in [9.17, 15) is 19.8 Å². The minimum Gasteiger partial charge on any atom is -0.508 e. The van der Waals surface area contributed by atoms with Crippen molar-refractivity contribution in [2.45, 2.75) is 45.2 Å². The lowest BCUT2D eigenvalue weighted by atomic mass is 9.79. The monoisotopic (exact) mass is 500 g/mol. The summed E-state index contributed by atoms with van der Waals surface area (Å²) in [5, 5.41) is 22.5. The highest BCUT2D eigenvalue weighted by Crippen LogP contribution is 2.39. The van der Waals surface area contributed by atoms with Crippen LogP contribution in [0.15, 0.2) is 78.9 Å². The number of carboxylic acid groups (broad SMARTS) is 1. The Kier molecular flexibility index (Phi) is 8.62. The van der Waals surface area contributed by atoms with Crippen LogP contribution in [0.4, 0.5) is 0 Å². The number of aliphatic carboxylic acids is 1. The van der Waals surface area contributed by atoms with Gasteiger partial charge in [-0.25, -0.2) is 4.79 Å². The molecule has 1 aliphatic rings. The van der Waals surface area contributed by atoms with Crippen LogP contribution in [0.5, 0.6) is 5.75 Å². The molecular formula is C31H36N2O4. The van der Waals surface area contributed by atoms with Gasteiger partial charge in [-0.15, -0.1) is 0 Å². The van der Waals surface area contributed by atoms with Crippen molar-refractivity contribution in [2.75, 3.05) is 13.1 Å².